The third kappa shape index (κ3) is 2.77. The lowest BCUT2D eigenvalue weighted by Crippen LogP contribution is -2.43. The van der Waals surface area contributed by atoms with Crippen molar-refractivity contribution in [2.75, 3.05) is 33.2 Å². The second-order valence-electron chi connectivity index (χ2n) is 5.21. The minimum Gasteiger partial charge on any atom is -0.481 e. The van der Waals surface area contributed by atoms with Gasteiger partial charge in [0, 0.05) is 19.6 Å². The second kappa shape index (κ2) is 5.04. The Labute approximate surface area is 101 Å². The Hall–Kier alpha value is -1.10. The standard InChI is InChI=1S/C12H20N2O3/c1-13-5-2-3-9(7-13)11(15)14-6-4-10(8-14)12(16)17/h9-10H,2-8H2,1H3,(H,16,17)/t9-,10+/m0/s1. The molecule has 5 nitrogen and oxygen atoms in total. The molecule has 5 heteroatoms. The normalized spacial score (nSPS) is 30.5. The summed E-state index contributed by atoms with van der Waals surface area (Å²) in [4.78, 5) is 27.0. The summed E-state index contributed by atoms with van der Waals surface area (Å²) >= 11 is 0. The summed E-state index contributed by atoms with van der Waals surface area (Å²) in [6, 6.07) is 0. The fourth-order valence-electron chi connectivity index (χ4n) is 2.79. The molecule has 17 heavy (non-hydrogen) atoms. The van der Waals surface area contributed by atoms with Crippen LogP contribution in [0, 0.1) is 11.8 Å². The first-order chi connectivity index (χ1) is 8.08. The molecular weight excluding hydrogens is 220 g/mol. The van der Waals surface area contributed by atoms with Crippen LogP contribution < -0.4 is 0 Å². The number of aliphatic carboxylic acids is 1. The zero-order valence-corrected chi connectivity index (χ0v) is 10.3. The summed E-state index contributed by atoms with van der Waals surface area (Å²) < 4.78 is 0. The molecule has 2 saturated heterocycles. The lowest BCUT2D eigenvalue weighted by Gasteiger charge is -2.31. The third-order valence-corrected chi connectivity index (χ3v) is 3.82. The molecule has 0 radical (unpaired) electrons. The summed E-state index contributed by atoms with van der Waals surface area (Å²) in [5, 5.41) is 8.92. The number of hydrogen-bond acceptors (Lipinski definition) is 3. The summed E-state index contributed by atoms with van der Waals surface area (Å²) in [6.45, 7) is 2.87. The van der Waals surface area contributed by atoms with E-state index in [0.717, 1.165) is 25.9 Å². The van der Waals surface area contributed by atoms with Crippen molar-refractivity contribution >= 4 is 11.9 Å². The number of likely N-dealkylation sites (tertiary alicyclic amines) is 2. The van der Waals surface area contributed by atoms with E-state index in [0.29, 0.717) is 19.5 Å². The molecule has 0 saturated carbocycles. The molecule has 2 heterocycles. The Kier molecular flexibility index (Phi) is 3.66. The molecule has 0 aromatic heterocycles. The van der Waals surface area contributed by atoms with Crippen molar-refractivity contribution in [3.8, 4) is 0 Å². The minimum atomic E-state index is -0.777. The van der Waals surface area contributed by atoms with E-state index in [2.05, 4.69) is 4.90 Å². The number of piperidine rings is 1. The van der Waals surface area contributed by atoms with Crippen LogP contribution in [0.25, 0.3) is 0 Å². The van der Waals surface area contributed by atoms with Gasteiger partial charge in [-0.2, -0.15) is 0 Å². The molecule has 1 amide bonds. The highest BCUT2D eigenvalue weighted by molar-refractivity contribution is 5.81. The van der Waals surface area contributed by atoms with Crippen LogP contribution in [0.15, 0.2) is 0 Å². The van der Waals surface area contributed by atoms with Gasteiger partial charge in [0.05, 0.1) is 11.8 Å². The average molecular weight is 240 g/mol. The third-order valence-electron chi connectivity index (χ3n) is 3.82. The van der Waals surface area contributed by atoms with Crippen LogP contribution in [0.4, 0.5) is 0 Å². The maximum atomic E-state index is 12.2. The van der Waals surface area contributed by atoms with Crippen LogP contribution >= 0.6 is 0 Å². The predicted octanol–water partition coefficient (Wildman–Crippen LogP) is 0.261. The Balaban J connectivity index is 1.90. The molecule has 0 aromatic rings. The predicted molar refractivity (Wildman–Crippen MR) is 62.5 cm³/mol. The summed E-state index contributed by atoms with van der Waals surface area (Å²) in [6.07, 6.45) is 2.60. The van der Waals surface area contributed by atoms with E-state index in [1.165, 1.54) is 0 Å². The van der Waals surface area contributed by atoms with Crippen molar-refractivity contribution in [2.45, 2.75) is 19.3 Å². The maximum Gasteiger partial charge on any atom is 0.308 e. The van der Waals surface area contributed by atoms with Gasteiger partial charge in [0.1, 0.15) is 0 Å². The van der Waals surface area contributed by atoms with Crippen molar-refractivity contribution in [1.82, 2.24) is 9.80 Å². The molecule has 0 spiro atoms. The van der Waals surface area contributed by atoms with Crippen molar-refractivity contribution in [2.24, 2.45) is 11.8 Å². The fraction of sp³-hybridized carbons (Fsp3) is 0.833. The molecule has 2 rings (SSSR count). The van der Waals surface area contributed by atoms with E-state index in [1.54, 1.807) is 4.90 Å². The highest BCUT2D eigenvalue weighted by atomic mass is 16.4. The molecule has 2 atom stereocenters. The summed E-state index contributed by atoms with van der Waals surface area (Å²) in [7, 11) is 2.03. The van der Waals surface area contributed by atoms with Crippen LogP contribution in [0.3, 0.4) is 0 Å². The lowest BCUT2D eigenvalue weighted by atomic mass is 9.97. The van der Waals surface area contributed by atoms with E-state index < -0.39 is 5.97 Å². The Bertz CT molecular complexity index is 319. The zero-order chi connectivity index (χ0) is 12.4. The topological polar surface area (TPSA) is 60.9 Å². The highest BCUT2D eigenvalue weighted by Crippen LogP contribution is 2.22. The van der Waals surface area contributed by atoms with Crippen LogP contribution in [-0.2, 0) is 9.59 Å². The van der Waals surface area contributed by atoms with E-state index in [4.69, 9.17) is 5.11 Å². The maximum absolute atomic E-state index is 12.2. The first-order valence-corrected chi connectivity index (χ1v) is 6.28. The molecule has 0 bridgehead atoms. The first kappa shape index (κ1) is 12.4. The molecule has 0 unspecified atom stereocenters. The van der Waals surface area contributed by atoms with Gasteiger partial charge in [-0.1, -0.05) is 0 Å². The first-order valence-electron chi connectivity index (χ1n) is 6.28. The highest BCUT2D eigenvalue weighted by Gasteiger charge is 2.34. The Morgan fingerprint density at radius 2 is 1.88 bits per heavy atom. The summed E-state index contributed by atoms with van der Waals surface area (Å²) in [5.74, 6) is -0.914. The fourth-order valence-corrected chi connectivity index (χ4v) is 2.79. The van der Waals surface area contributed by atoms with Gasteiger partial charge >= 0.3 is 5.97 Å². The smallest absolute Gasteiger partial charge is 0.308 e. The van der Waals surface area contributed by atoms with Gasteiger partial charge in [-0.25, -0.2) is 0 Å². The molecule has 1 N–H and O–H groups in total. The number of nitrogens with zero attached hydrogens (tertiary/aromatic N) is 2. The average Bonchev–Trinajstić information content (AvgIpc) is 2.77. The van der Waals surface area contributed by atoms with Crippen molar-refractivity contribution < 1.29 is 14.7 Å². The van der Waals surface area contributed by atoms with Gasteiger partial charge < -0.3 is 14.9 Å². The monoisotopic (exact) mass is 240 g/mol. The van der Waals surface area contributed by atoms with Crippen molar-refractivity contribution in [3.05, 3.63) is 0 Å². The number of rotatable bonds is 2. The minimum absolute atomic E-state index is 0.0706. The van der Waals surface area contributed by atoms with E-state index in [9.17, 15) is 9.59 Å². The van der Waals surface area contributed by atoms with E-state index >= 15 is 0 Å². The summed E-state index contributed by atoms with van der Waals surface area (Å²) in [5.41, 5.74) is 0. The van der Waals surface area contributed by atoms with Crippen molar-refractivity contribution in [1.29, 1.82) is 0 Å². The van der Waals surface area contributed by atoms with Gasteiger partial charge in [0.2, 0.25) is 5.91 Å². The molecule has 0 aliphatic carbocycles. The number of carboxylic acid groups (broad SMARTS) is 1. The van der Waals surface area contributed by atoms with Gasteiger partial charge in [0.25, 0.3) is 0 Å². The largest absolute Gasteiger partial charge is 0.481 e. The van der Waals surface area contributed by atoms with Crippen LogP contribution in [0.5, 0.6) is 0 Å². The van der Waals surface area contributed by atoms with Crippen molar-refractivity contribution in [3.63, 3.8) is 0 Å². The molecule has 96 valence electrons. The number of carboxylic acids is 1. The van der Waals surface area contributed by atoms with Crippen LogP contribution in [-0.4, -0.2) is 60.0 Å². The molecular formula is C12H20N2O3. The lowest BCUT2D eigenvalue weighted by molar-refractivity contribution is -0.141. The molecule has 2 aliphatic rings. The molecule has 2 fully saturated rings. The molecule has 0 aromatic carbocycles. The number of carbonyl (C=O) groups is 2. The van der Waals surface area contributed by atoms with E-state index in [-0.39, 0.29) is 17.7 Å². The van der Waals surface area contributed by atoms with Crippen LogP contribution in [0.2, 0.25) is 0 Å². The quantitative estimate of drug-likeness (QED) is 0.752. The zero-order valence-electron chi connectivity index (χ0n) is 10.3. The second-order valence-corrected chi connectivity index (χ2v) is 5.21. The van der Waals surface area contributed by atoms with E-state index in [1.807, 2.05) is 7.05 Å². The number of carbonyl (C=O) groups excluding carboxylic acids is 1. The van der Waals surface area contributed by atoms with Gasteiger partial charge in [-0.3, -0.25) is 9.59 Å². The van der Waals surface area contributed by atoms with Gasteiger partial charge in [0.15, 0.2) is 0 Å². The molecule has 2 aliphatic heterocycles. The van der Waals surface area contributed by atoms with Gasteiger partial charge in [-0.05, 0) is 32.9 Å². The Morgan fingerprint density at radius 1 is 1.12 bits per heavy atom. The Morgan fingerprint density at radius 3 is 2.47 bits per heavy atom. The number of hydrogen-bond donors (Lipinski definition) is 1. The number of amides is 1. The van der Waals surface area contributed by atoms with Crippen LogP contribution in [0.1, 0.15) is 19.3 Å². The van der Waals surface area contributed by atoms with Gasteiger partial charge in [-0.15, -0.1) is 0 Å². The SMILES string of the molecule is CN1CCC[C@H](C(=O)N2CC[C@@H](C(=O)O)C2)C1.